The van der Waals surface area contributed by atoms with Crippen molar-refractivity contribution >= 4 is 5.97 Å². The molecule has 1 heterocycles. The summed E-state index contributed by atoms with van der Waals surface area (Å²) in [5.74, 6) is -0.801. The van der Waals surface area contributed by atoms with Crippen LogP contribution in [0, 0.1) is 5.92 Å². The summed E-state index contributed by atoms with van der Waals surface area (Å²) < 4.78 is 5.89. The van der Waals surface area contributed by atoms with Crippen molar-refractivity contribution in [3.63, 3.8) is 0 Å². The van der Waals surface area contributed by atoms with E-state index in [4.69, 9.17) is 4.74 Å². The van der Waals surface area contributed by atoms with Crippen molar-refractivity contribution in [3.8, 4) is 0 Å². The number of esters is 1. The fourth-order valence-corrected chi connectivity index (χ4v) is 2.67. The molecule has 0 aliphatic carbocycles. The molecule has 0 saturated carbocycles. The number of unbranched alkanes of at least 4 members (excludes halogenated alkanes) is 1. The maximum atomic E-state index is 12.5. The van der Waals surface area contributed by atoms with Gasteiger partial charge in [0, 0.05) is 6.42 Å². The summed E-state index contributed by atoms with van der Waals surface area (Å²) in [6.07, 6.45) is 5.67. The van der Waals surface area contributed by atoms with E-state index in [0.717, 1.165) is 45.1 Å². The SMILES string of the molecule is CCCCC(CC)C(=O)OC1(CCCN(C)C)NCNCN1.[H-].[K+]. The van der Waals surface area contributed by atoms with Crippen LogP contribution >= 0.6 is 0 Å². The van der Waals surface area contributed by atoms with Crippen LogP contribution in [-0.2, 0) is 9.53 Å². The van der Waals surface area contributed by atoms with Gasteiger partial charge in [-0.1, -0.05) is 26.7 Å². The Morgan fingerprint density at radius 1 is 1.26 bits per heavy atom. The molecule has 7 heteroatoms. The van der Waals surface area contributed by atoms with Crippen molar-refractivity contribution in [3.05, 3.63) is 0 Å². The van der Waals surface area contributed by atoms with E-state index in [-0.39, 0.29) is 64.7 Å². The van der Waals surface area contributed by atoms with Crippen LogP contribution in [0.3, 0.4) is 0 Å². The Morgan fingerprint density at radius 3 is 2.43 bits per heavy atom. The van der Waals surface area contributed by atoms with E-state index >= 15 is 0 Å². The number of ether oxygens (including phenoxy) is 1. The van der Waals surface area contributed by atoms with Crippen molar-refractivity contribution < 1.29 is 62.3 Å². The van der Waals surface area contributed by atoms with Gasteiger partial charge in [0.05, 0.1) is 19.3 Å². The van der Waals surface area contributed by atoms with Gasteiger partial charge >= 0.3 is 57.4 Å². The molecule has 1 saturated heterocycles. The molecule has 0 bridgehead atoms. The summed E-state index contributed by atoms with van der Waals surface area (Å²) in [5.41, 5.74) is 0. The standard InChI is InChI=1S/C16H34N4O2.K.H/c1-5-7-9-14(6-2)15(21)22-16(10-8-11-20(3)4)18-12-17-13-19-16;;/h14,17-19H,5-13H2,1-4H3;;/q;+1;-1. The molecule has 0 radical (unpaired) electrons. The van der Waals surface area contributed by atoms with Gasteiger partial charge < -0.3 is 11.1 Å². The first-order valence-corrected chi connectivity index (χ1v) is 8.61. The molecular weight excluding hydrogens is 319 g/mol. The summed E-state index contributed by atoms with van der Waals surface area (Å²) in [6, 6.07) is 0. The fraction of sp³-hybridized carbons (Fsp3) is 0.938. The number of hydrogen-bond donors (Lipinski definition) is 3. The Hall–Kier alpha value is 0.946. The minimum absolute atomic E-state index is 0. The van der Waals surface area contributed by atoms with Gasteiger partial charge in [-0.3, -0.25) is 20.7 Å². The first-order chi connectivity index (χ1) is 10.5. The predicted molar refractivity (Wildman–Crippen MR) is 90.2 cm³/mol. The van der Waals surface area contributed by atoms with Crippen LogP contribution in [0.4, 0.5) is 0 Å². The fourth-order valence-electron chi connectivity index (χ4n) is 2.67. The largest absolute Gasteiger partial charge is 1.00 e. The van der Waals surface area contributed by atoms with Crippen LogP contribution in [0.1, 0.15) is 53.8 Å². The smallest absolute Gasteiger partial charge is 1.00 e. The topological polar surface area (TPSA) is 65.6 Å². The summed E-state index contributed by atoms with van der Waals surface area (Å²) in [7, 11) is 4.11. The molecule has 1 atom stereocenters. The second kappa shape index (κ2) is 13.2. The van der Waals surface area contributed by atoms with Gasteiger partial charge in [-0.25, -0.2) is 0 Å². The Balaban J connectivity index is 0. The van der Waals surface area contributed by atoms with Gasteiger partial charge in [-0.05, 0) is 39.9 Å². The third kappa shape index (κ3) is 9.28. The number of hydrogen-bond acceptors (Lipinski definition) is 6. The van der Waals surface area contributed by atoms with Crippen LogP contribution in [0.2, 0.25) is 0 Å². The Labute approximate surface area is 185 Å². The van der Waals surface area contributed by atoms with E-state index in [9.17, 15) is 4.79 Å². The molecule has 0 aromatic rings. The molecule has 0 amide bonds. The number of carbonyl (C=O) groups is 1. The van der Waals surface area contributed by atoms with Crippen LogP contribution in [0.15, 0.2) is 0 Å². The number of rotatable bonds is 10. The summed E-state index contributed by atoms with van der Waals surface area (Å²) in [6.45, 7) is 6.48. The average Bonchev–Trinajstić information content (AvgIpc) is 2.48. The average molecular weight is 355 g/mol. The quantitative estimate of drug-likeness (QED) is 0.330. The van der Waals surface area contributed by atoms with Crippen LogP contribution in [-0.4, -0.2) is 50.7 Å². The maximum Gasteiger partial charge on any atom is 1.00 e. The summed E-state index contributed by atoms with van der Waals surface area (Å²) in [4.78, 5) is 14.7. The Kier molecular flexibility index (Phi) is 13.7. The molecule has 132 valence electrons. The molecule has 0 aromatic heterocycles. The van der Waals surface area contributed by atoms with Crippen LogP contribution in [0.5, 0.6) is 0 Å². The minimum Gasteiger partial charge on any atom is -1.00 e. The zero-order chi connectivity index (χ0) is 16.4. The summed E-state index contributed by atoms with van der Waals surface area (Å²) >= 11 is 0. The van der Waals surface area contributed by atoms with Gasteiger partial charge in [-0.15, -0.1) is 0 Å². The van der Waals surface area contributed by atoms with Crippen molar-refractivity contribution in [2.24, 2.45) is 5.92 Å². The maximum absolute atomic E-state index is 12.5. The van der Waals surface area contributed by atoms with Crippen LogP contribution in [0.25, 0.3) is 0 Å². The number of nitrogens with one attached hydrogen (secondary N) is 3. The van der Waals surface area contributed by atoms with Gasteiger partial charge in [0.2, 0.25) is 5.85 Å². The molecule has 0 spiro atoms. The molecule has 6 nitrogen and oxygen atoms in total. The van der Waals surface area contributed by atoms with Gasteiger partial charge in [0.1, 0.15) is 0 Å². The molecule has 1 aliphatic heterocycles. The number of nitrogens with zero attached hydrogens (tertiary/aromatic N) is 1. The zero-order valence-electron chi connectivity index (χ0n) is 16.7. The monoisotopic (exact) mass is 354 g/mol. The summed E-state index contributed by atoms with van der Waals surface area (Å²) in [5, 5.41) is 9.74. The normalized spacial score (nSPS) is 18.3. The Morgan fingerprint density at radius 2 is 1.91 bits per heavy atom. The van der Waals surface area contributed by atoms with E-state index in [2.05, 4.69) is 48.8 Å². The molecule has 1 unspecified atom stereocenters. The second-order valence-corrected chi connectivity index (χ2v) is 6.36. The van der Waals surface area contributed by atoms with Crippen molar-refractivity contribution in [2.45, 2.75) is 58.2 Å². The van der Waals surface area contributed by atoms with Crippen molar-refractivity contribution in [2.75, 3.05) is 34.0 Å². The third-order valence-electron chi connectivity index (χ3n) is 4.14. The van der Waals surface area contributed by atoms with Crippen molar-refractivity contribution in [1.29, 1.82) is 0 Å². The third-order valence-corrected chi connectivity index (χ3v) is 4.14. The molecule has 1 rings (SSSR count). The van der Waals surface area contributed by atoms with E-state index in [1.807, 2.05) is 0 Å². The molecular formula is C16H35KN4O2. The minimum atomic E-state index is -0.724. The molecule has 1 aliphatic rings. The van der Waals surface area contributed by atoms with E-state index in [1.165, 1.54) is 0 Å². The Bertz CT molecular complexity index is 329. The molecule has 23 heavy (non-hydrogen) atoms. The van der Waals surface area contributed by atoms with Crippen LogP contribution < -0.4 is 67.3 Å². The first kappa shape index (κ1) is 23.9. The van der Waals surface area contributed by atoms with Gasteiger partial charge in [-0.2, -0.15) is 0 Å². The zero-order valence-corrected chi connectivity index (χ0v) is 18.8. The van der Waals surface area contributed by atoms with Gasteiger partial charge in [0.15, 0.2) is 0 Å². The van der Waals surface area contributed by atoms with E-state index < -0.39 is 5.85 Å². The molecule has 0 aromatic carbocycles. The number of carbonyl (C=O) groups excluding carboxylic acids is 1. The van der Waals surface area contributed by atoms with Gasteiger partial charge in [0.25, 0.3) is 0 Å². The van der Waals surface area contributed by atoms with E-state index in [0.29, 0.717) is 13.3 Å². The molecule has 1 fully saturated rings. The van der Waals surface area contributed by atoms with E-state index in [1.54, 1.807) is 0 Å². The van der Waals surface area contributed by atoms with Crippen molar-refractivity contribution in [1.82, 2.24) is 20.9 Å². The first-order valence-electron chi connectivity index (χ1n) is 8.61. The predicted octanol–water partition coefficient (Wildman–Crippen LogP) is -1.44. The second-order valence-electron chi connectivity index (χ2n) is 6.36. The molecule has 3 N–H and O–H groups in total.